The average Bonchev–Trinajstić information content (AvgIpc) is 2.87. The highest BCUT2D eigenvalue weighted by Gasteiger charge is 2.06. The summed E-state index contributed by atoms with van der Waals surface area (Å²) in [5, 5.41) is 0. The van der Waals surface area contributed by atoms with Crippen molar-refractivity contribution >= 4 is 0 Å². The van der Waals surface area contributed by atoms with Crippen LogP contribution in [0.2, 0.25) is 0 Å². The second-order valence-corrected chi connectivity index (χ2v) is 9.03. The highest BCUT2D eigenvalue weighted by atomic mass is 14.6. The second-order valence-electron chi connectivity index (χ2n) is 9.03. The first-order valence-electron chi connectivity index (χ1n) is 13.5. The number of benzene rings is 2. The third kappa shape index (κ3) is 16.4. The van der Waals surface area contributed by atoms with Crippen LogP contribution in [0, 0.1) is 0 Å². The minimum atomic E-state index is -0.0163. The Hall–Kier alpha value is -1.90. The van der Waals surface area contributed by atoms with Gasteiger partial charge in [-0.3, -0.25) is 0 Å². The normalized spacial score (nSPS) is 11.0. The molecule has 2 aromatic rings. The summed E-state index contributed by atoms with van der Waals surface area (Å²) in [7, 11) is 0. The van der Waals surface area contributed by atoms with Crippen molar-refractivity contribution in [2.24, 2.45) is 11.5 Å². The van der Waals surface area contributed by atoms with E-state index in [0.717, 1.165) is 17.7 Å². The SMILES string of the molecule is CCCCCCCC/C=C\CCCCCCCCN.NC(c1ccccc1)c1ccccc1. The molecule has 184 valence electrons. The van der Waals surface area contributed by atoms with Crippen LogP contribution in [0.4, 0.5) is 0 Å². The van der Waals surface area contributed by atoms with E-state index in [2.05, 4.69) is 43.3 Å². The van der Waals surface area contributed by atoms with Crippen LogP contribution in [0.5, 0.6) is 0 Å². The molecule has 2 aromatic carbocycles. The van der Waals surface area contributed by atoms with Gasteiger partial charge in [-0.1, -0.05) is 138 Å². The van der Waals surface area contributed by atoms with Crippen LogP contribution in [0.1, 0.15) is 114 Å². The zero-order valence-corrected chi connectivity index (χ0v) is 21.3. The van der Waals surface area contributed by atoms with Crippen LogP contribution in [0.25, 0.3) is 0 Å². The van der Waals surface area contributed by atoms with Gasteiger partial charge >= 0.3 is 0 Å². The van der Waals surface area contributed by atoms with Gasteiger partial charge in [-0.25, -0.2) is 0 Å². The Labute approximate surface area is 204 Å². The van der Waals surface area contributed by atoms with Crippen molar-refractivity contribution in [1.82, 2.24) is 0 Å². The van der Waals surface area contributed by atoms with Crippen LogP contribution < -0.4 is 11.5 Å². The van der Waals surface area contributed by atoms with Crippen molar-refractivity contribution in [2.45, 2.75) is 103 Å². The van der Waals surface area contributed by atoms with E-state index in [1.54, 1.807) is 0 Å². The van der Waals surface area contributed by atoms with Gasteiger partial charge in [0, 0.05) is 0 Å². The van der Waals surface area contributed by atoms with Crippen molar-refractivity contribution in [2.75, 3.05) is 6.54 Å². The molecule has 0 spiro atoms. The van der Waals surface area contributed by atoms with Gasteiger partial charge in [0.1, 0.15) is 0 Å². The van der Waals surface area contributed by atoms with Gasteiger partial charge in [0.05, 0.1) is 6.04 Å². The lowest BCUT2D eigenvalue weighted by molar-refractivity contribution is 0.599. The van der Waals surface area contributed by atoms with E-state index in [0.29, 0.717) is 0 Å². The molecular weight excluding hydrogens is 400 g/mol. The molecule has 0 aliphatic carbocycles. The van der Waals surface area contributed by atoms with E-state index in [1.807, 2.05) is 36.4 Å². The fourth-order valence-corrected chi connectivity index (χ4v) is 3.91. The molecule has 0 heterocycles. The maximum atomic E-state index is 6.12. The number of unbranched alkanes of at least 4 members (excludes halogenated alkanes) is 12. The van der Waals surface area contributed by atoms with Gasteiger partial charge < -0.3 is 11.5 Å². The predicted molar refractivity (Wildman–Crippen MR) is 147 cm³/mol. The van der Waals surface area contributed by atoms with Crippen LogP contribution >= 0.6 is 0 Å². The molecule has 0 bridgehead atoms. The lowest BCUT2D eigenvalue weighted by Gasteiger charge is -2.11. The van der Waals surface area contributed by atoms with Crippen molar-refractivity contribution in [3.8, 4) is 0 Å². The topological polar surface area (TPSA) is 52.0 Å². The minimum absolute atomic E-state index is 0.0163. The molecule has 33 heavy (non-hydrogen) atoms. The number of hydrogen-bond acceptors (Lipinski definition) is 2. The van der Waals surface area contributed by atoms with Crippen molar-refractivity contribution in [3.05, 3.63) is 83.9 Å². The van der Waals surface area contributed by atoms with E-state index < -0.39 is 0 Å². The molecule has 0 radical (unpaired) electrons. The summed E-state index contributed by atoms with van der Waals surface area (Å²) in [6, 6.07) is 20.2. The Kier molecular flexibility index (Phi) is 19.4. The highest BCUT2D eigenvalue weighted by molar-refractivity contribution is 5.30. The lowest BCUT2D eigenvalue weighted by atomic mass is 10.00. The zero-order chi connectivity index (χ0) is 23.8. The monoisotopic (exact) mass is 450 g/mol. The summed E-state index contributed by atoms with van der Waals surface area (Å²) in [5.74, 6) is 0. The van der Waals surface area contributed by atoms with Crippen LogP contribution in [-0.4, -0.2) is 6.54 Å². The van der Waals surface area contributed by atoms with Crippen LogP contribution in [0.15, 0.2) is 72.8 Å². The maximum Gasteiger partial charge on any atom is 0.0551 e. The molecule has 0 saturated heterocycles. The van der Waals surface area contributed by atoms with Crippen molar-refractivity contribution < 1.29 is 0 Å². The molecule has 0 saturated carbocycles. The number of nitrogens with two attached hydrogens (primary N) is 2. The third-order valence-corrected chi connectivity index (χ3v) is 6.03. The van der Waals surface area contributed by atoms with Gasteiger partial charge in [0.15, 0.2) is 0 Å². The number of allylic oxidation sites excluding steroid dienone is 2. The first kappa shape index (κ1) is 29.1. The highest BCUT2D eigenvalue weighted by Crippen LogP contribution is 2.18. The second kappa shape index (κ2) is 21.9. The summed E-state index contributed by atoms with van der Waals surface area (Å²) in [4.78, 5) is 0. The van der Waals surface area contributed by atoms with Gasteiger partial charge in [0.2, 0.25) is 0 Å². The summed E-state index contributed by atoms with van der Waals surface area (Å²) in [6.07, 6.45) is 23.9. The van der Waals surface area contributed by atoms with Crippen molar-refractivity contribution in [3.63, 3.8) is 0 Å². The van der Waals surface area contributed by atoms with Gasteiger partial charge in [-0.05, 0) is 49.8 Å². The summed E-state index contributed by atoms with van der Waals surface area (Å²) < 4.78 is 0. The fraction of sp³-hybridized carbons (Fsp3) is 0.548. The molecule has 0 aliphatic heterocycles. The van der Waals surface area contributed by atoms with Gasteiger partial charge in [-0.2, -0.15) is 0 Å². The molecule has 2 nitrogen and oxygen atoms in total. The van der Waals surface area contributed by atoms with E-state index >= 15 is 0 Å². The fourth-order valence-electron chi connectivity index (χ4n) is 3.91. The number of rotatable bonds is 17. The third-order valence-electron chi connectivity index (χ3n) is 6.03. The van der Waals surface area contributed by atoms with Crippen LogP contribution in [0.3, 0.4) is 0 Å². The van der Waals surface area contributed by atoms with Crippen molar-refractivity contribution in [1.29, 1.82) is 0 Å². The minimum Gasteiger partial charge on any atom is -0.330 e. The van der Waals surface area contributed by atoms with E-state index in [-0.39, 0.29) is 6.04 Å². The standard InChI is InChI=1S/C18H37N.C13H13N/c1-2-3-4-5-6-7-8-9-10-11-12-13-14-15-16-17-18-19;14-13(11-7-3-1-4-8-11)12-9-5-2-6-10-12/h9-10H,2-8,11-19H2,1H3;1-10,13H,14H2/b10-9-;. The van der Waals surface area contributed by atoms with Gasteiger partial charge in [0.25, 0.3) is 0 Å². The predicted octanol–water partition coefficient (Wildman–Crippen LogP) is 8.72. The van der Waals surface area contributed by atoms with E-state index in [1.165, 1.54) is 89.9 Å². The first-order valence-corrected chi connectivity index (χ1v) is 13.5. The summed E-state index contributed by atoms with van der Waals surface area (Å²) in [6.45, 7) is 3.14. The zero-order valence-electron chi connectivity index (χ0n) is 21.3. The van der Waals surface area contributed by atoms with E-state index in [9.17, 15) is 0 Å². The van der Waals surface area contributed by atoms with Gasteiger partial charge in [-0.15, -0.1) is 0 Å². The quantitative estimate of drug-likeness (QED) is 0.187. The molecule has 0 aromatic heterocycles. The number of hydrogen-bond donors (Lipinski definition) is 2. The molecule has 0 fully saturated rings. The summed E-state index contributed by atoms with van der Waals surface area (Å²) >= 11 is 0. The summed E-state index contributed by atoms with van der Waals surface area (Å²) in [5.41, 5.74) is 13.9. The Bertz CT molecular complexity index is 626. The van der Waals surface area contributed by atoms with E-state index in [4.69, 9.17) is 11.5 Å². The molecular formula is C31H50N2. The molecule has 2 heteroatoms. The Morgan fingerprint density at radius 2 is 0.970 bits per heavy atom. The smallest absolute Gasteiger partial charge is 0.0551 e. The molecule has 0 aliphatic rings. The molecule has 2 rings (SSSR count). The molecule has 4 N–H and O–H groups in total. The largest absolute Gasteiger partial charge is 0.330 e. The Morgan fingerprint density at radius 1 is 0.576 bits per heavy atom. The maximum absolute atomic E-state index is 6.12. The molecule has 0 unspecified atom stereocenters. The first-order chi connectivity index (χ1) is 16.3. The Morgan fingerprint density at radius 3 is 1.39 bits per heavy atom. The van der Waals surface area contributed by atoms with Crippen LogP contribution in [-0.2, 0) is 0 Å². The average molecular weight is 451 g/mol. The Balaban J connectivity index is 0.000000342. The molecule has 0 amide bonds. The molecule has 0 atom stereocenters. The lowest BCUT2D eigenvalue weighted by Crippen LogP contribution is -2.11.